The Morgan fingerprint density at radius 2 is 1.58 bits per heavy atom. The van der Waals surface area contributed by atoms with Gasteiger partial charge in [0.15, 0.2) is 5.58 Å². The molecule has 2 aromatic heterocycles. The van der Waals surface area contributed by atoms with Crippen molar-refractivity contribution in [3.63, 3.8) is 0 Å². The van der Waals surface area contributed by atoms with Crippen LogP contribution in [0.15, 0.2) is 77.4 Å². The molecule has 5 rings (SSSR count). The maximum atomic E-state index is 13.4. The number of amides is 1. The van der Waals surface area contributed by atoms with Crippen LogP contribution in [0.1, 0.15) is 27.2 Å². The molecule has 0 spiro atoms. The molecule has 0 unspecified atom stereocenters. The fourth-order valence-corrected chi connectivity index (χ4v) is 4.31. The van der Waals surface area contributed by atoms with Gasteiger partial charge in [-0.05, 0) is 18.1 Å². The fraction of sp³-hybridized carbons (Fsp3) is 0.269. The summed E-state index contributed by atoms with van der Waals surface area (Å²) in [5, 5.41) is 0. The second-order valence-electron chi connectivity index (χ2n) is 8.33. The topological polar surface area (TPSA) is 41.6 Å². The number of hydrogen-bond donors (Lipinski definition) is 0. The molecule has 1 aliphatic rings. The summed E-state index contributed by atoms with van der Waals surface area (Å²) < 4.78 is 7.70. The van der Waals surface area contributed by atoms with Crippen molar-refractivity contribution in [3.8, 4) is 0 Å². The summed E-state index contributed by atoms with van der Waals surface area (Å²) in [6.07, 6.45) is 1.69. The van der Waals surface area contributed by atoms with Gasteiger partial charge in [-0.1, -0.05) is 60.2 Å². The maximum absolute atomic E-state index is 13.4. The Morgan fingerprint density at radius 1 is 0.871 bits per heavy atom. The van der Waals surface area contributed by atoms with E-state index >= 15 is 0 Å². The van der Waals surface area contributed by atoms with E-state index in [9.17, 15) is 4.79 Å². The van der Waals surface area contributed by atoms with Crippen molar-refractivity contribution >= 4 is 17.0 Å². The van der Waals surface area contributed by atoms with Gasteiger partial charge < -0.3 is 13.9 Å². The van der Waals surface area contributed by atoms with Gasteiger partial charge in [0.1, 0.15) is 5.69 Å². The molecule has 1 aliphatic heterocycles. The van der Waals surface area contributed by atoms with Crippen LogP contribution >= 0.6 is 0 Å². The number of piperazine rings is 1. The average Bonchev–Trinajstić information content (AvgIpc) is 3.39. The minimum absolute atomic E-state index is 0.0814. The van der Waals surface area contributed by atoms with Crippen LogP contribution in [-0.2, 0) is 13.1 Å². The number of aryl methyl sites for hydroxylation is 1. The lowest BCUT2D eigenvalue weighted by molar-refractivity contribution is 0.0619. The fourth-order valence-electron chi connectivity index (χ4n) is 4.31. The minimum Gasteiger partial charge on any atom is -0.463 e. The molecule has 0 radical (unpaired) electrons. The van der Waals surface area contributed by atoms with E-state index in [1.807, 2.05) is 23.1 Å². The summed E-state index contributed by atoms with van der Waals surface area (Å²) in [6, 6.07) is 22.8. The molecule has 31 heavy (non-hydrogen) atoms. The molecule has 4 aromatic rings. The average molecular weight is 414 g/mol. The molecule has 1 amide bonds. The van der Waals surface area contributed by atoms with Crippen molar-refractivity contribution in [1.82, 2.24) is 14.4 Å². The van der Waals surface area contributed by atoms with E-state index < -0.39 is 0 Å². The van der Waals surface area contributed by atoms with Gasteiger partial charge in [0.25, 0.3) is 5.91 Å². The molecule has 0 saturated carbocycles. The molecule has 0 atom stereocenters. The van der Waals surface area contributed by atoms with E-state index in [0.717, 1.165) is 43.8 Å². The van der Waals surface area contributed by atoms with Crippen LogP contribution in [-0.4, -0.2) is 46.5 Å². The standard InChI is InChI=1S/C26H27N3O2/c1-20-7-9-22(10-8-20)19-29-23-11-16-31-25(23)17-24(29)26(30)28-14-12-27(13-15-28)18-21-5-3-2-4-6-21/h2-11,16-17H,12-15,18-19H2,1H3. The molecule has 5 heteroatoms. The maximum Gasteiger partial charge on any atom is 0.270 e. The zero-order valence-corrected chi connectivity index (χ0v) is 17.8. The molecular formula is C26H27N3O2. The van der Waals surface area contributed by atoms with Gasteiger partial charge in [-0.25, -0.2) is 0 Å². The molecule has 1 fully saturated rings. The highest BCUT2D eigenvalue weighted by molar-refractivity contribution is 5.97. The third-order valence-electron chi connectivity index (χ3n) is 6.11. The monoisotopic (exact) mass is 413 g/mol. The lowest BCUT2D eigenvalue weighted by Gasteiger charge is -2.35. The molecular weight excluding hydrogens is 386 g/mol. The van der Waals surface area contributed by atoms with Crippen molar-refractivity contribution in [2.24, 2.45) is 0 Å². The molecule has 2 aromatic carbocycles. The second-order valence-corrected chi connectivity index (χ2v) is 8.33. The number of rotatable bonds is 5. The predicted octanol–water partition coefficient (Wildman–Crippen LogP) is 4.55. The van der Waals surface area contributed by atoms with Crippen LogP contribution in [0, 0.1) is 6.92 Å². The number of aromatic nitrogens is 1. The summed E-state index contributed by atoms with van der Waals surface area (Å²) in [5.74, 6) is 0.0814. The number of hydrogen-bond acceptors (Lipinski definition) is 3. The minimum atomic E-state index is 0.0814. The van der Waals surface area contributed by atoms with Crippen LogP contribution in [0.4, 0.5) is 0 Å². The smallest absolute Gasteiger partial charge is 0.270 e. The van der Waals surface area contributed by atoms with Crippen molar-refractivity contribution in [2.75, 3.05) is 26.2 Å². The summed E-state index contributed by atoms with van der Waals surface area (Å²) in [6.45, 7) is 6.91. The lowest BCUT2D eigenvalue weighted by atomic mass is 10.1. The second kappa shape index (κ2) is 8.44. The van der Waals surface area contributed by atoms with E-state index in [2.05, 4.69) is 64.9 Å². The van der Waals surface area contributed by atoms with E-state index in [4.69, 9.17) is 4.42 Å². The van der Waals surface area contributed by atoms with E-state index in [1.54, 1.807) is 6.26 Å². The highest BCUT2D eigenvalue weighted by atomic mass is 16.3. The lowest BCUT2D eigenvalue weighted by Crippen LogP contribution is -2.48. The van der Waals surface area contributed by atoms with Gasteiger partial charge in [-0.3, -0.25) is 9.69 Å². The number of carbonyl (C=O) groups excluding carboxylic acids is 1. The first-order valence-electron chi connectivity index (χ1n) is 10.9. The molecule has 0 aliphatic carbocycles. The Hall–Kier alpha value is -3.31. The number of carbonyl (C=O) groups is 1. The SMILES string of the molecule is Cc1ccc(Cn2c(C(=O)N3CCN(Cc4ccccc4)CC3)cc3occc32)cc1. The first kappa shape index (κ1) is 19.6. The van der Waals surface area contributed by atoms with Crippen LogP contribution in [0.25, 0.3) is 11.1 Å². The highest BCUT2D eigenvalue weighted by Gasteiger charge is 2.26. The summed E-state index contributed by atoms with van der Waals surface area (Å²) in [5.41, 5.74) is 6.14. The summed E-state index contributed by atoms with van der Waals surface area (Å²) >= 11 is 0. The van der Waals surface area contributed by atoms with E-state index in [-0.39, 0.29) is 5.91 Å². The van der Waals surface area contributed by atoms with Gasteiger partial charge in [-0.2, -0.15) is 0 Å². The zero-order valence-electron chi connectivity index (χ0n) is 17.8. The Kier molecular flexibility index (Phi) is 5.35. The largest absolute Gasteiger partial charge is 0.463 e. The normalized spacial score (nSPS) is 14.9. The van der Waals surface area contributed by atoms with Gasteiger partial charge in [-0.15, -0.1) is 0 Å². The van der Waals surface area contributed by atoms with Crippen LogP contribution in [0.3, 0.4) is 0 Å². The first-order valence-corrected chi connectivity index (χ1v) is 10.9. The van der Waals surface area contributed by atoms with Gasteiger partial charge in [0, 0.05) is 51.4 Å². The number of furan rings is 1. The Bertz CT molecular complexity index is 1170. The highest BCUT2D eigenvalue weighted by Crippen LogP contribution is 2.24. The molecule has 1 saturated heterocycles. The third-order valence-corrected chi connectivity index (χ3v) is 6.11. The molecule has 3 heterocycles. The third kappa shape index (κ3) is 4.14. The van der Waals surface area contributed by atoms with Crippen molar-refractivity contribution in [2.45, 2.75) is 20.0 Å². The Balaban J connectivity index is 1.32. The van der Waals surface area contributed by atoms with Crippen LogP contribution in [0.5, 0.6) is 0 Å². The van der Waals surface area contributed by atoms with E-state index in [0.29, 0.717) is 12.2 Å². The van der Waals surface area contributed by atoms with Gasteiger partial charge in [0.2, 0.25) is 0 Å². The predicted molar refractivity (Wildman–Crippen MR) is 122 cm³/mol. The van der Waals surface area contributed by atoms with Crippen molar-refractivity contribution in [1.29, 1.82) is 0 Å². The Labute approximate surface area is 182 Å². The summed E-state index contributed by atoms with van der Waals surface area (Å²) in [4.78, 5) is 17.8. The van der Waals surface area contributed by atoms with Gasteiger partial charge >= 0.3 is 0 Å². The molecule has 158 valence electrons. The summed E-state index contributed by atoms with van der Waals surface area (Å²) in [7, 11) is 0. The quantitative estimate of drug-likeness (QED) is 0.482. The van der Waals surface area contributed by atoms with Crippen molar-refractivity contribution in [3.05, 3.63) is 95.4 Å². The van der Waals surface area contributed by atoms with Crippen LogP contribution in [0.2, 0.25) is 0 Å². The van der Waals surface area contributed by atoms with Crippen LogP contribution < -0.4 is 0 Å². The number of nitrogens with zero attached hydrogens (tertiary/aromatic N) is 3. The van der Waals surface area contributed by atoms with Gasteiger partial charge in [0.05, 0.1) is 11.8 Å². The van der Waals surface area contributed by atoms with Crippen molar-refractivity contribution < 1.29 is 9.21 Å². The molecule has 5 nitrogen and oxygen atoms in total. The first-order chi connectivity index (χ1) is 15.2. The number of fused-ring (bicyclic) bond motifs is 1. The zero-order chi connectivity index (χ0) is 21.2. The molecule has 0 bridgehead atoms. The van der Waals surface area contributed by atoms with E-state index in [1.165, 1.54) is 16.7 Å². The Morgan fingerprint density at radius 3 is 2.32 bits per heavy atom. The molecule has 0 N–H and O–H groups in total. The number of benzene rings is 2.